The highest BCUT2D eigenvalue weighted by molar-refractivity contribution is 7.91. The molecule has 144 valence electrons. The number of nitrogens with zero attached hydrogens (tertiary/aromatic N) is 2. The number of ether oxygens (including phenoxy) is 2. The van der Waals surface area contributed by atoms with Crippen molar-refractivity contribution in [2.75, 3.05) is 38.2 Å². The van der Waals surface area contributed by atoms with Crippen molar-refractivity contribution in [1.82, 2.24) is 9.80 Å². The van der Waals surface area contributed by atoms with E-state index in [4.69, 9.17) is 9.47 Å². The molecule has 2 saturated heterocycles. The van der Waals surface area contributed by atoms with Crippen LogP contribution in [0.5, 0.6) is 0 Å². The number of hydrogen-bond donors (Lipinski definition) is 0. The van der Waals surface area contributed by atoms with Gasteiger partial charge in [-0.2, -0.15) is 0 Å². The predicted octanol–water partition coefficient (Wildman–Crippen LogP) is 0.658. The van der Waals surface area contributed by atoms with E-state index in [2.05, 4.69) is 4.90 Å². The van der Waals surface area contributed by atoms with Gasteiger partial charge in [0.1, 0.15) is 11.6 Å². The Balaban J connectivity index is 2.10. The van der Waals surface area contributed by atoms with Gasteiger partial charge in [0.15, 0.2) is 9.84 Å². The van der Waals surface area contributed by atoms with Crippen molar-refractivity contribution in [2.45, 2.75) is 51.3 Å². The van der Waals surface area contributed by atoms with Crippen LogP contribution in [0.1, 0.15) is 33.6 Å². The Hall–Kier alpha value is -1.35. The Labute approximate surface area is 149 Å². The second kappa shape index (κ2) is 7.49. The van der Waals surface area contributed by atoms with Gasteiger partial charge in [-0.05, 0) is 33.6 Å². The van der Waals surface area contributed by atoms with Crippen molar-refractivity contribution in [2.24, 2.45) is 0 Å². The molecule has 2 aliphatic rings. The monoisotopic (exact) mass is 376 g/mol. The summed E-state index contributed by atoms with van der Waals surface area (Å²) in [5.41, 5.74) is -0.663. The number of carbonyl (C=O) groups is 2. The van der Waals surface area contributed by atoms with E-state index < -0.39 is 33.5 Å². The fourth-order valence-corrected chi connectivity index (χ4v) is 4.47. The highest BCUT2D eigenvalue weighted by atomic mass is 32.2. The summed E-state index contributed by atoms with van der Waals surface area (Å²) in [7, 11) is -1.65. The molecule has 0 radical (unpaired) electrons. The van der Waals surface area contributed by atoms with Gasteiger partial charge in [0.25, 0.3) is 0 Å². The minimum atomic E-state index is -2.96. The number of amides is 1. The van der Waals surface area contributed by atoms with Crippen LogP contribution in [0.2, 0.25) is 0 Å². The third-order valence-electron chi connectivity index (χ3n) is 4.55. The van der Waals surface area contributed by atoms with Gasteiger partial charge in [-0.15, -0.1) is 0 Å². The minimum Gasteiger partial charge on any atom is -0.467 e. The third-order valence-corrected chi connectivity index (χ3v) is 6.16. The van der Waals surface area contributed by atoms with Crippen LogP contribution in [-0.2, 0) is 24.1 Å². The molecule has 1 unspecified atom stereocenters. The quantitative estimate of drug-likeness (QED) is 0.654. The molecule has 0 aromatic carbocycles. The first kappa shape index (κ1) is 20.0. The fraction of sp³-hybridized carbons (Fsp3) is 0.875. The standard InChI is InChI=1S/C16H28N2O6S/c1-16(2,3)24-15(20)18-11-12(5-6-13(18)14(19)23-4)17-7-9-25(21,22)10-8-17/h12-13H,5-11H2,1-4H3/t12?,13-/m0/s1. The van der Waals surface area contributed by atoms with Crippen molar-refractivity contribution in [3.63, 3.8) is 0 Å². The number of sulfone groups is 1. The summed E-state index contributed by atoms with van der Waals surface area (Å²) >= 11 is 0. The molecule has 0 aromatic rings. The molecule has 2 fully saturated rings. The number of carbonyl (C=O) groups excluding carboxylic acids is 2. The molecule has 0 N–H and O–H groups in total. The lowest BCUT2D eigenvalue weighted by Crippen LogP contribution is -2.59. The summed E-state index contributed by atoms with van der Waals surface area (Å²) in [6.45, 7) is 6.56. The van der Waals surface area contributed by atoms with Crippen molar-refractivity contribution in [3.8, 4) is 0 Å². The number of rotatable bonds is 2. The summed E-state index contributed by atoms with van der Waals surface area (Å²) in [5.74, 6) is -0.183. The molecular formula is C16H28N2O6S. The van der Waals surface area contributed by atoms with E-state index in [1.807, 2.05) is 0 Å². The summed E-state index contributed by atoms with van der Waals surface area (Å²) in [6, 6.07) is -0.645. The molecule has 0 spiro atoms. The van der Waals surface area contributed by atoms with Crippen LogP contribution in [-0.4, -0.2) is 86.2 Å². The van der Waals surface area contributed by atoms with E-state index in [9.17, 15) is 18.0 Å². The topological polar surface area (TPSA) is 93.2 Å². The van der Waals surface area contributed by atoms with Gasteiger partial charge in [0.05, 0.1) is 18.6 Å². The number of methoxy groups -OCH3 is 1. The van der Waals surface area contributed by atoms with E-state index >= 15 is 0 Å². The molecule has 2 atom stereocenters. The van der Waals surface area contributed by atoms with Crippen LogP contribution < -0.4 is 0 Å². The van der Waals surface area contributed by atoms with Crippen LogP contribution in [0.4, 0.5) is 4.79 Å². The Bertz CT molecular complexity index is 599. The molecule has 8 nitrogen and oxygen atoms in total. The molecular weight excluding hydrogens is 348 g/mol. The minimum absolute atomic E-state index is 0.0175. The average Bonchev–Trinajstić information content (AvgIpc) is 2.52. The van der Waals surface area contributed by atoms with Crippen molar-refractivity contribution in [1.29, 1.82) is 0 Å². The van der Waals surface area contributed by atoms with Gasteiger partial charge < -0.3 is 9.47 Å². The predicted molar refractivity (Wildman–Crippen MR) is 92.0 cm³/mol. The molecule has 2 aliphatic heterocycles. The molecule has 9 heteroatoms. The maximum atomic E-state index is 12.6. The van der Waals surface area contributed by atoms with Crippen LogP contribution in [0.15, 0.2) is 0 Å². The highest BCUT2D eigenvalue weighted by Crippen LogP contribution is 2.25. The molecule has 0 saturated carbocycles. The average molecular weight is 376 g/mol. The number of esters is 1. The lowest BCUT2D eigenvalue weighted by atomic mass is 9.97. The largest absolute Gasteiger partial charge is 0.467 e. The highest BCUT2D eigenvalue weighted by Gasteiger charge is 2.41. The molecule has 0 aliphatic carbocycles. The van der Waals surface area contributed by atoms with Gasteiger partial charge in [-0.25, -0.2) is 18.0 Å². The second-order valence-corrected chi connectivity index (χ2v) is 9.89. The molecule has 1 amide bonds. The SMILES string of the molecule is COC(=O)[C@@H]1CCC(N2CCS(=O)(=O)CC2)CN1C(=O)OC(C)(C)C. The van der Waals surface area contributed by atoms with Crippen LogP contribution in [0.25, 0.3) is 0 Å². The Morgan fingerprint density at radius 2 is 1.68 bits per heavy atom. The number of likely N-dealkylation sites (tertiary alicyclic amines) is 1. The fourth-order valence-electron chi connectivity index (χ4n) is 3.24. The van der Waals surface area contributed by atoms with Crippen molar-refractivity contribution < 1.29 is 27.5 Å². The zero-order chi connectivity index (χ0) is 18.8. The van der Waals surface area contributed by atoms with Crippen LogP contribution >= 0.6 is 0 Å². The van der Waals surface area contributed by atoms with Gasteiger partial charge >= 0.3 is 12.1 Å². The molecule has 0 bridgehead atoms. The Kier molecular flexibility index (Phi) is 5.98. The maximum Gasteiger partial charge on any atom is 0.411 e. The van der Waals surface area contributed by atoms with Gasteiger partial charge in [-0.1, -0.05) is 0 Å². The first-order chi connectivity index (χ1) is 11.5. The van der Waals surface area contributed by atoms with Crippen molar-refractivity contribution >= 4 is 21.9 Å². The zero-order valence-electron chi connectivity index (χ0n) is 15.4. The normalized spacial score (nSPS) is 27.6. The van der Waals surface area contributed by atoms with E-state index in [1.54, 1.807) is 20.8 Å². The number of hydrogen-bond acceptors (Lipinski definition) is 7. The van der Waals surface area contributed by atoms with Gasteiger partial charge in [-0.3, -0.25) is 9.80 Å². The Morgan fingerprint density at radius 3 is 2.20 bits per heavy atom. The summed E-state index contributed by atoms with van der Waals surface area (Å²) < 4.78 is 33.5. The Morgan fingerprint density at radius 1 is 1.08 bits per heavy atom. The van der Waals surface area contributed by atoms with Crippen molar-refractivity contribution in [3.05, 3.63) is 0 Å². The van der Waals surface area contributed by atoms with Crippen LogP contribution in [0.3, 0.4) is 0 Å². The summed E-state index contributed by atoms with van der Waals surface area (Å²) in [4.78, 5) is 28.1. The van der Waals surface area contributed by atoms with E-state index in [1.165, 1.54) is 12.0 Å². The van der Waals surface area contributed by atoms with Gasteiger partial charge in [0.2, 0.25) is 0 Å². The second-order valence-electron chi connectivity index (χ2n) is 7.59. The first-order valence-corrected chi connectivity index (χ1v) is 10.4. The first-order valence-electron chi connectivity index (χ1n) is 8.54. The van der Waals surface area contributed by atoms with Gasteiger partial charge in [0, 0.05) is 25.7 Å². The maximum absolute atomic E-state index is 12.6. The smallest absolute Gasteiger partial charge is 0.411 e. The summed E-state index contributed by atoms with van der Waals surface area (Å²) in [5, 5.41) is 0. The lowest BCUT2D eigenvalue weighted by molar-refractivity contribution is -0.148. The molecule has 2 heterocycles. The van der Waals surface area contributed by atoms with E-state index in [0.717, 1.165) is 0 Å². The molecule has 25 heavy (non-hydrogen) atoms. The molecule has 2 rings (SSSR count). The molecule has 0 aromatic heterocycles. The van der Waals surface area contributed by atoms with E-state index in [-0.39, 0.29) is 17.5 Å². The van der Waals surface area contributed by atoms with Crippen LogP contribution in [0, 0.1) is 0 Å². The zero-order valence-corrected chi connectivity index (χ0v) is 16.2. The van der Waals surface area contributed by atoms with E-state index in [0.29, 0.717) is 32.5 Å². The third kappa shape index (κ3) is 5.31. The lowest BCUT2D eigenvalue weighted by Gasteiger charge is -2.43. The number of piperidine rings is 1. The summed E-state index contributed by atoms with van der Waals surface area (Å²) in [6.07, 6.45) is 0.635.